The predicted molar refractivity (Wildman–Crippen MR) is 122 cm³/mol. The summed E-state index contributed by atoms with van der Waals surface area (Å²) < 4.78 is 10.4. The van der Waals surface area contributed by atoms with Gasteiger partial charge in [0.1, 0.15) is 6.61 Å². The average molecular weight is 418 g/mol. The van der Waals surface area contributed by atoms with E-state index in [0.717, 1.165) is 46.0 Å². The molecule has 0 aliphatic rings. The third kappa shape index (κ3) is 6.01. The van der Waals surface area contributed by atoms with Gasteiger partial charge in [0.2, 0.25) is 0 Å². The zero-order valence-corrected chi connectivity index (χ0v) is 18.2. The number of aromatic nitrogens is 1. The van der Waals surface area contributed by atoms with E-state index >= 15 is 0 Å². The van der Waals surface area contributed by atoms with E-state index in [1.54, 1.807) is 6.08 Å². The Balaban J connectivity index is 2.00. The van der Waals surface area contributed by atoms with Crippen LogP contribution in [0.25, 0.3) is 28.1 Å². The van der Waals surface area contributed by atoms with Gasteiger partial charge in [0.05, 0.1) is 18.0 Å². The second-order valence-corrected chi connectivity index (χ2v) is 7.40. The number of carbonyl (C=O) groups is 2. The van der Waals surface area contributed by atoms with Gasteiger partial charge in [0.25, 0.3) is 0 Å². The number of esters is 2. The Bertz CT molecular complexity index is 1120. The Morgan fingerprint density at radius 2 is 1.87 bits per heavy atom. The van der Waals surface area contributed by atoms with Crippen molar-refractivity contribution in [2.45, 2.75) is 40.2 Å². The van der Waals surface area contributed by atoms with E-state index in [2.05, 4.69) is 6.92 Å². The van der Waals surface area contributed by atoms with Gasteiger partial charge in [-0.15, -0.1) is 0 Å². The standard InChI is InChI=1S/C26H27NO4/c1-4-5-14-30-26(29)13-11-21-15-18(2)10-12-23(21)24-16-20-8-6-7-9-22(20)25(27-24)17-31-19(3)28/h6-13,15-16H,4-5,14,17H2,1-3H3/b13-11+. The van der Waals surface area contributed by atoms with Gasteiger partial charge in [-0.1, -0.05) is 61.4 Å². The number of fused-ring (bicyclic) bond motifs is 1. The van der Waals surface area contributed by atoms with Crippen LogP contribution in [0.4, 0.5) is 0 Å². The summed E-state index contributed by atoms with van der Waals surface area (Å²) in [5.74, 6) is -0.709. The quantitative estimate of drug-likeness (QED) is 0.270. The molecule has 0 aliphatic heterocycles. The van der Waals surface area contributed by atoms with Crippen molar-refractivity contribution in [3.63, 3.8) is 0 Å². The number of benzene rings is 2. The number of carbonyl (C=O) groups excluding carboxylic acids is 2. The minimum atomic E-state index is -0.358. The summed E-state index contributed by atoms with van der Waals surface area (Å²) in [6, 6.07) is 15.9. The Labute approximate surface area is 182 Å². The molecule has 160 valence electrons. The monoisotopic (exact) mass is 417 g/mol. The van der Waals surface area contributed by atoms with Gasteiger partial charge >= 0.3 is 11.9 Å². The molecular weight excluding hydrogens is 390 g/mol. The molecule has 0 saturated carbocycles. The first-order chi connectivity index (χ1) is 15.0. The summed E-state index contributed by atoms with van der Waals surface area (Å²) in [5.41, 5.74) is 4.27. The number of pyridine rings is 1. The van der Waals surface area contributed by atoms with Crippen LogP contribution in [0.3, 0.4) is 0 Å². The van der Waals surface area contributed by atoms with Crippen LogP contribution in [-0.2, 0) is 25.7 Å². The number of hydrogen-bond acceptors (Lipinski definition) is 5. The molecule has 0 N–H and O–H groups in total. The van der Waals surface area contributed by atoms with Crippen molar-refractivity contribution in [3.8, 4) is 11.3 Å². The maximum atomic E-state index is 12.0. The highest BCUT2D eigenvalue weighted by atomic mass is 16.5. The van der Waals surface area contributed by atoms with Gasteiger partial charge in [-0.3, -0.25) is 4.79 Å². The van der Waals surface area contributed by atoms with Gasteiger partial charge < -0.3 is 9.47 Å². The first kappa shape index (κ1) is 22.2. The van der Waals surface area contributed by atoms with Crippen LogP contribution in [0.2, 0.25) is 0 Å². The molecular formula is C26H27NO4. The Morgan fingerprint density at radius 1 is 1.06 bits per heavy atom. The van der Waals surface area contributed by atoms with Crippen molar-refractivity contribution < 1.29 is 19.1 Å². The largest absolute Gasteiger partial charge is 0.463 e. The second kappa shape index (κ2) is 10.5. The van der Waals surface area contributed by atoms with E-state index in [1.165, 1.54) is 13.0 Å². The molecule has 2 aromatic carbocycles. The molecule has 3 aromatic rings. The Morgan fingerprint density at radius 3 is 2.65 bits per heavy atom. The zero-order valence-electron chi connectivity index (χ0n) is 18.2. The predicted octanol–water partition coefficient (Wildman–Crippen LogP) is 5.63. The van der Waals surface area contributed by atoms with Crippen LogP contribution in [0.15, 0.2) is 54.6 Å². The molecule has 5 heteroatoms. The van der Waals surface area contributed by atoms with Gasteiger partial charge in [-0.2, -0.15) is 0 Å². The highest BCUT2D eigenvalue weighted by Gasteiger charge is 2.12. The number of nitrogens with zero attached hydrogens (tertiary/aromatic N) is 1. The molecule has 0 unspecified atom stereocenters. The van der Waals surface area contributed by atoms with Crippen molar-refractivity contribution in [2.75, 3.05) is 6.61 Å². The highest BCUT2D eigenvalue weighted by molar-refractivity contribution is 5.91. The lowest BCUT2D eigenvalue weighted by Gasteiger charge is -2.12. The van der Waals surface area contributed by atoms with Gasteiger partial charge in [-0.25, -0.2) is 9.78 Å². The molecule has 0 saturated heterocycles. The zero-order chi connectivity index (χ0) is 22.2. The number of hydrogen-bond donors (Lipinski definition) is 0. The smallest absolute Gasteiger partial charge is 0.330 e. The highest BCUT2D eigenvalue weighted by Crippen LogP contribution is 2.29. The van der Waals surface area contributed by atoms with Crippen LogP contribution in [0.1, 0.15) is 43.5 Å². The lowest BCUT2D eigenvalue weighted by atomic mass is 9.98. The maximum Gasteiger partial charge on any atom is 0.330 e. The molecule has 0 bridgehead atoms. The lowest BCUT2D eigenvalue weighted by molar-refractivity contribution is -0.142. The van der Waals surface area contributed by atoms with Crippen molar-refractivity contribution in [1.82, 2.24) is 4.98 Å². The molecule has 31 heavy (non-hydrogen) atoms. The van der Waals surface area contributed by atoms with Gasteiger partial charge in [0.15, 0.2) is 0 Å². The van der Waals surface area contributed by atoms with E-state index in [0.29, 0.717) is 12.3 Å². The molecule has 3 rings (SSSR count). The van der Waals surface area contributed by atoms with Crippen LogP contribution < -0.4 is 0 Å². The maximum absolute atomic E-state index is 12.0. The fourth-order valence-electron chi connectivity index (χ4n) is 3.27. The van der Waals surface area contributed by atoms with Crippen molar-refractivity contribution in [2.24, 2.45) is 0 Å². The SMILES string of the molecule is CCCCOC(=O)/C=C/c1cc(C)ccc1-c1cc2ccccc2c(COC(C)=O)n1. The van der Waals surface area contributed by atoms with Crippen LogP contribution >= 0.6 is 0 Å². The summed E-state index contributed by atoms with van der Waals surface area (Å²) in [4.78, 5) is 28.2. The normalized spacial score (nSPS) is 11.1. The molecule has 0 radical (unpaired) electrons. The Kier molecular flexibility index (Phi) is 7.55. The number of unbranched alkanes of at least 4 members (excludes halogenated alkanes) is 1. The van der Waals surface area contributed by atoms with E-state index in [4.69, 9.17) is 14.5 Å². The number of ether oxygens (including phenoxy) is 2. The molecule has 5 nitrogen and oxygen atoms in total. The molecule has 0 aliphatic carbocycles. The first-order valence-electron chi connectivity index (χ1n) is 10.5. The lowest BCUT2D eigenvalue weighted by Crippen LogP contribution is -2.03. The first-order valence-corrected chi connectivity index (χ1v) is 10.5. The summed E-state index contributed by atoms with van der Waals surface area (Å²) in [6.45, 7) is 5.96. The summed E-state index contributed by atoms with van der Waals surface area (Å²) in [5, 5.41) is 1.94. The van der Waals surface area contributed by atoms with Crippen LogP contribution in [-0.4, -0.2) is 23.5 Å². The molecule has 1 aromatic heterocycles. The molecule has 0 fully saturated rings. The Hall–Kier alpha value is -3.47. The number of aryl methyl sites for hydroxylation is 1. The van der Waals surface area contributed by atoms with Crippen LogP contribution in [0.5, 0.6) is 0 Å². The topological polar surface area (TPSA) is 65.5 Å². The fraction of sp³-hybridized carbons (Fsp3) is 0.269. The summed E-state index contributed by atoms with van der Waals surface area (Å²) in [7, 11) is 0. The van der Waals surface area contributed by atoms with Gasteiger partial charge in [0, 0.05) is 23.9 Å². The molecule has 0 amide bonds. The summed E-state index contributed by atoms with van der Waals surface area (Å²) >= 11 is 0. The second-order valence-electron chi connectivity index (χ2n) is 7.40. The molecule has 1 heterocycles. The van der Waals surface area contributed by atoms with Crippen molar-refractivity contribution >= 4 is 28.8 Å². The van der Waals surface area contributed by atoms with Crippen molar-refractivity contribution in [3.05, 3.63) is 71.4 Å². The fourth-order valence-corrected chi connectivity index (χ4v) is 3.27. The minimum absolute atomic E-state index is 0.102. The number of rotatable bonds is 8. The van der Waals surface area contributed by atoms with E-state index in [9.17, 15) is 9.59 Å². The third-order valence-corrected chi connectivity index (χ3v) is 4.86. The minimum Gasteiger partial charge on any atom is -0.463 e. The molecule has 0 atom stereocenters. The van der Waals surface area contributed by atoms with Crippen molar-refractivity contribution in [1.29, 1.82) is 0 Å². The average Bonchev–Trinajstić information content (AvgIpc) is 2.76. The summed E-state index contributed by atoms with van der Waals surface area (Å²) in [6.07, 6.45) is 5.04. The third-order valence-electron chi connectivity index (χ3n) is 4.86. The van der Waals surface area contributed by atoms with E-state index < -0.39 is 0 Å². The van der Waals surface area contributed by atoms with Crippen LogP contribution in [0, 0.1) is 6.92 Å². The van der Waals surface area contributed by atoms with E-state index in [-0.39, 0.29) is 18.5 Å². The molecule has 0 spiro atoms. The van der Waals surface area contributed by atoms with Gasteiger partial charge in [-0.05, 0) is 36.4 Å². The van der Waals surface area contributed by atoms with E-state index in [1.807, 2.05) is 55.5 Å².